The summed E-state index contributed by atoms with van der Waals surface area (Å²) in [5.74, 6) is 0.925. The first kappa shape index (κ1) is 17.8. The third-order valence-corrected chi connectivity index (χ3v) is 5.07. The lowest BCUT2D eigenvalue weighted by Crippen LogP contribution is -2.25. The van der Waals surface area contributed by atoms with Crippen molar-refractivity contribution in [2.24, 2.45) is 5.92 Å². The number of esters is 1. The number of anilines is 1. The second-order valence-corrected chi connectivity index (χ2v) is 8.43. The Balaban J connectivity index is 1.61. The number of H-pyrrole nitrogens is 1. The number of aromatic amines is 1. The quantitative estimate of drug-likeness (QED) is 0.461. The molecule has 4 nitrogen and oxygen atoms in total. The summed E-state index contributed by atoms with van der Waals surface area (Å²) < 4.78 is 5.49. The van der Waals surface area contributed by atoms with E-state index in [2.05, 4.69) is 17.1 Å². The maximum absolute atomic E-state index is 12.1. The molecule has 1 fully saturated rings. The molecule has 2 atom stereocenters. The van der Waals surface area contributed by atoms with E-state index >= 15 is 0 Å². The van der Waals surface area contributed by atoms with Gasteiger partial charge in [0.25, 0.3) is 0 Å². The number of carbonyl (C=O) groups excluding carboxylic acids is 1. The van der Waals surface area contributed by atoms with Crippen molar-refractivity contribution in [2.45, 2.75) is 70.8 Å². The van der Waals surface area contributed by atoms with Crippen molar-refractivity contribution in [1.29, 1.82) is 0 Å². The van der Waals surface area contributed by atoms with Gasteiger partial charge in [-0.05, 0) is 82.6 Å². The molecule has 0 saturated heterocycles. The number of aromatic nitrogens is 1. The van der Waals surface area contributed by atoms with Crippen molar-refractivity contribution < 1.29 is 9.53 Å². The minimum absolute atomic E-state index is 0.0583. The molecule has 3 N–H and O–H groups in total. The Hall–Kier alpha value is -1.97. The fourth-order valence-corrected chi connectivity index (χ4v) is 3.91. The minimum Gasteiger partial charge on any atom is -0.460 e. The van der Waals surface area contributed by atoms with Gasteiger partial charge in [-0.25, -0.2) is 0 Å². The zero-order valence-electron chi connectivity index (χ0n) is 15.6. The molecular weight excluding hydrogens is 312 g/mol. The molecular formula is C21H30N2O2. The molecule has 0 bridgehead atoms. The van der Waals surface area contributed by atoms with E-state index in [0.29, 0.717) is 18.3 Å². The van der Waals surface area contributed by atoms with E-state index in [-0.39, 0.29) is 5.97 Å². The average Bonchev–Trinajstić information content (AvgIpc) is 2.77. The maximum Gasteiger partial charge on any atom is 0.306 e. The smallest absolute Gasteiger partial charge is 0.306 e. The molecule has 3 rings (SSSR count). The minimum atomic E-state index is -0.392. The van der Waals surface area contributed by atoms with Crippen molar-refractivity contribution in [1.82, 2.24) is 4.98 Å². The van der Waals surface area contributed by atoms with Crippen molar-refractivity contribution in [3.63, 3.8) is 0 Å². The lowest BCUT2D eigenvalue weighted by Gasteiger charge is -2.21. The van der Waals surface area contributed by atoms with E-state index in [1.807, 2.05) is 32.9 Å². The largest absolute Gasteiger partial charge is 0.460 e. The monoisotopic (exact) mass is 342 g/mol. The van der Waals surface area contributed by atoms with E-state index in [4.69, 9.17) is 10.5 Å². The summed E-state index contributed by atoms with van der Waals surface area (Å²) in [6.45, 7) is 5.78. The molecule has 1 aliphatic carbocycles. The summed E-state index contributed by atoms with van der Waals surface area (Å²) in [4.78, 5) is 15.7. The molecule has 1 saturated carbocycles. The SMILES string of the molecule is CC(C)(C)OC(=O)CC1CCCC(c2cc3cc(N)ccc3[nH]2)CC1. The lowest BCUT2D eigenvalue weighted by molar-refractivity contribution is -0.156. The number of nitrogen functional groups attached to an aromatic ring is 1. The van der Waals surface area contributed by atoms with E-state index in [9.17, 15) is 4.79 Å². The van der Waals surface area contributed by atoms with Gasteiger partial charge in [-0.2, -0.15) is 0 Å². The fourth-order valence-electron chi connectivity index (χ4n) is 3.91. The Morgan fingerprint density at radius 1 is 1.20 bits per heavy atom. The zero-order chi connectivity index (χ0) is 18.0. The second kappa shape index (κ2) is 7.11. The molecule has 2 aromatic rings. The van der Waals surface area contributed by atoms with Crippen LogP contribution in [0.4, 0.5) is 5.69 Å². The summed E-state index contributed by atoms with van der Waals surface area (Å²) in [5, 5.41) is 1.18. The van der Waals surface area contributed by atoms with Gasteiger partial charge in [-0.3, -0.25) is 4.79 Å². The molecule has 0 amide bonds. The van der Waals surface area contributed by atoms with Crippen LogP contribution in [0.5, 0.6) is 0 Å². The number of hydrogen-bond acceptors (Lipinski definition) is 3. The summed E-state index contributed by atoms with van der Waals surface area (Å²) in [6.07, 6.45) is 6.20. The molecule has 1 heterocycles. The van der Waals surface area contributed by atoms with Gasteiger partial charge >= 0.3 is 5.97 Å². The number of hydrogen-bond donors (Lipinski definition) is 2. The highest BCUT2D eigenvalue weighted by Crippen LogP contribution is 2.36. The Kier molecular flexibility index (Phi) is 5.07. The van der Waals surface area contributed by atoms with E-state index in [1.54, 1.807) is 0 Å². The Bertz CT molecular complexity index is 742. The predicted octanol–water partition coefficient (Wildman–Crippen LogP) is 5.15. The molecule has 0 spiro atoms. The number of nitrogens with one attached hydrogen (secondary N) is 1. The van der Waals surface area contributed by atoms with E-state index in [1.165, 1.54) is 17.5 Å². The van der Waals surface area contributed by atoms with Crippen LogP contribution in [0.1, 0.15) is 70.9 Å². The highest BCUT2D eigenvalue weighted by molar-refractivity contribution is 5.83. The van der Waals surface area contributed by atoms with Crippen molar-refractivity contribution >= 4 is 22.6 Å². The average molecular weight is 342 g/mol. The van der Waals surface area contributed by atoms with Gasteiger partial charge in [0.1, 0.15) is 5.60 Å². The standard InChI is InChI=1S/C21H30N2O2/c1-21(2,3)25-20(24)11-14-5-4-6-15(8-7-14)19-13-16-12-17(22)9-10-18(16)23-19/h9-10,12-15,23H,4-8,11,22H2,1-3H3. The number of carbonyl (C=O) groups is 1. The number of rotatable bonds is 3. The normalized spacial score (nSPS) is 21.9. The summed E-state index contributed by atoms with van der Waals surface area (Å²) in [7, 11) is 0. The zero-order valence-corrected chi connectivity index (χ0v) is 15.6. The second-order valence-electron chi connectivity index (χ2n) is 8.43. The Morgan fingerprint density at radius 3 is 2.76 bits per heavy atom. The van der Waals surface area contributed by atoms with Crippen LogP contribution in [0.3, 0.4) is 0 Å². The number of benzene rings is 1. The van der Waals surface area contributed by atoms with Crippen LogP contribution < -0.4 is 5.73 Å². The number of fused-ring (bicyclic) bond motifs is 1. The summed E-state index contributed by atoms with van der Waals surface area (Å²) in [5.41, 5.74) is 8.75. The highest BCUT2D eigenvalue weighted by Gasteiger charge is 2.25. The maximum atomic E-state index is 12.1. The van der Waals surface area contributed by atoms with E-state index < -0.39 is 5.60 Å². The van der Waals surface area contributed by atoms with Crippen molar-refractivity contribution in [3.05, 3.63) is 30.0 Å². The molecule has 25 heavy (non-hydrogen) atoms. The Morgan fingerprint density at radius 2 is 2.00 bits per heavy atom. The van der Waals surface area contributed by atoms with Gasteiger partial charge < -0.3 is 15.5 Å². The van der Waals surface area contributed by atoms with Crippen LogP contribution in [0.25, 0.3) is 10.9 Å². The fraction of sp³-hybridized carbons (Fsp3) is 0.571. The third kappa shape index (κ3) is 4.77. The van der Waals surface area contributed by atoms with Crippen LogP contribution in [0.15, 0.2) is 24.3 Å². The topological polar surface area (TPSA) is 68.1 Å². The molecule has 1 aliphatic rings. The van der Waals surface area contributed by atoms with Gasteiger partial charge in [-0.15, -0.1) is 0 Å². The first-order valence-corrected chi connectivity index (χ1v) is 9.40. The van der Waals surface area contributed by atoms with Crippen molar-refractivity contribution in [2.75, 3.05) is 5.73 Å². The number of nitrogens with two attached hydrogens (primary N) is 1. The Labute approximate surface area is 150 Å². The van der Waals surface area contributed by atoms with Gasteiger partial charge in [-0.1, -0.05) is 6.42 Å². The van der Waals surface area contributed by atoms with Crippen LogP contribution in [0.2, 0.25) is 0 Å². The van der Waals surface area contributed by atoms with Crippen LogP contribution >= 0.6 is 0 Å². The molecule has 1 aromatic heterocycles. The van der Waals surface area contributed by atoms with Gasteiger partial charge in [0, 0.05) is 28.7 Å². The lowest BCUT2D eigenvalue weighted by atomic mass is 9.94. The van der Waals surface area contributed by atoms with Crippen LogP contribution in [0, 0.1) is 5.92 Å². The van der Waals surface area contributed by atoms with Crippen molar-refractivity contribution in [3.8, 4) is 0 Å². The molecule has 2 unspecified atom stereocenters. The molecule has 0 aliphatic heterocycles. The summed E-state index contributed by atoms with van der Waals surface area (Å²) >= 11 is 0. The van der Waals surface area contributed by atoms with Gasteiger partial charge in [0.15, 0.2) is 0 Å². The molecule has 136 valence electrons. The van der Waals surface area contributed by atoms with Gasteiger partial charge in [0.05, 0.1) is 0 Å². The summed E-state index contributed by atoms with van der Waals surface area (Å²) in [6, 6.07) is 8.25. The first-order valence-electron chi connectivity index (χ1n) is 9.40. The first-order chi connectivity index (χ1) is 11.8. The molecule has 0 radical (unpaired) electrons. The molecule has 4 heteroatoms. The molecule has 1 aromatic carbocycles. The van der Waals surface area contributed by atoms with Crippen LogP contribution in [-0.4, -0.2) is 16.6 Å². The third-order valence-electron chi connectivity index (χ3n) is 5.07. The van der Waals surface area contributed by atoms with Crippen LogP contribution in [-0.2, 0) is 9.53 Å². The van der Waals surface area contributed by atoms with Gasteiger partial charge in [0.2, 0.25) is 0 Å². The predicted molar refractivity (Wildman–Crippen MR) is 102 cm³/mol. The highest BCUT2D eigenvalue weighted by atomic mass is 16.6. The van der Waals surface area contributed by atoms with E-state index in [0.717, 1.165) is 36.9 Å². The number of ether oxygens (including phenoxy) is 1.